The first-order chi connectivity index (χ1) is 11.4. The highest BCUT2D eigenvalue weighted by molar-refractivity contribution is 5.91. The molecule has 0 N–H and O–H groups in total. The maximum Gasteiger partial charge on any atom is 0.416 e. The third-order valence-corrected chi connectivity index (χ3v) is 3.09. The SMILES string of the molecule is O=C(Oc1cccc(-n2cnnn2)c1)c1ccc(C(F)(F)F)cc1. The molecule has 9 heteroatoms. The van der Waals surface area contributed by atoms with Crippen LogP contribution in [-0.4, -0.2) is 26.2 Å². The highest BCUT2D eigenvalue weighted by Gasteiger charge is 2.30. The van der Waals surface area contributed by atoms with Crippen LogP contribution in [0.5, 0.6) is 5.75 Å². The number of rotatable bonds is 3. The number of tetrazole rings is 1. The molecular formula is C15H9F3N4O2. The Morgan fingerprint density at radius 1 is 1.08 bits per heavy atom. The molecule has 0 spiro atoms. The van der Waals surface area contributed by atoms with Gasteiger partial charge in [-0.2, -0.15) is 13.2 Å². The molecule has 0 radical (unpaired) electrons. The van der Waals surface area contributed by atoms with Gasteiger partial charge in [0.05, 0.1) is 16.8 Å². The number of hydrogen-bond donors (Lipinski definition) is 0. The maximum absolute atomic E-state index is 12.5. The highest BCUT2D eigenvalue weighted by atomic mass is 19.4. The molecule has 0 fully saturated rings. The van der Waals surface area contributed by atoms with Crippen molar-refractivity contribution in [3.8, 4) is 11.4 Å². The summed E-state index contributed by atoms with van der Waals surface area (Å²) in [6.45, 7) is 0. The van der Waals surface area contributed by atoms with Crippen molar-refractivity contribution in [2.24, 2.45) is 0 Å². The fraction of sp³-hybridized carbons (Fsp3) is 0.0667. The number of aromatic nitrogens is 4. The number of alkyl halides is 3. The van der Waals surface area contributed by atoms with Gasteiger partial charge in [-0.05, 0) is 46.8 Å². The number of carbonyl (C=O) groups is 1. The zero-order chi connectivity index (χ0) is 17.2. The number of hydrogen-bond acceptors (Lipinski definition) is 5. The summed E-state index contributed by atoms with van der Waals surface area (Å²) in [6, 6.07) is 10.2. The highest BCUT2D eigenvalue weighted by Crippen LogP contribution is 2.29. The molecule has 0 amide bonds. The predicted octanol–water partition coefficient (Wildman–Crippen LogP) is 2.90. The van der Waals surface area contributed by atoms with E-state index in [1.54, 1.807) is 12.1 Å². The second-order valence-electron chi connectivity index (χ2n) is 4.72. The Labute approximate surface area is 133 Å². The fourth-order valence-electron chi connectivity index (χ4n) is 1.93. The molecule has 0 bridgehead atoms. The van der Waals surface area contributed by atoms with E-state index in [0.29, 0.717) is 5.69 Å². The maximum atomic E-state index is 12.5. The average molecular weight is 334 g/mol. The lowest BCUT2D eigenvalue weighted by Gasteiger charge is -2.08. The number of esters is 1. The van der Waals surface area contributed by atoms with Crippen molar-refractivity contribution in [1.29, 1.82) is 0 Å². The lowest BCUT2D eigenvalue weighted by molar-refractivity contribution is -0.137. The second kappa shape index (κ2) is 6.11. The van der Waals surface area contributed by atoms with E-state index < -0.39 is 17.7 Å². The van der Waals surface area contributed by atoms with E-state index in [-0.39, 0.29) is 11.3 Å². The number of halogens is 3. The van der Waals surface area contributed by atoms with Gasteiger partial charge in [-0.1, -0.05) is 6.07 Å². The third-order valence-electron chi connectivity index (χ3n) is 3.09. The molecule has 2 aromatic carbocycles. The summed E-state index contributed by atoms with van der Waals surface area (Å²) in [5.41, 5.74) is -0.256. The summed E-state index contributed by atoms with van der Waals surface area (Å²) in [6.07, 6.45) is -3.08. The second-order valence-corrected chi connectivity index (χ2v) is 4.72. The zero-order valence-electron chi connectivity index (χ0n) is 11.9. The zero-order valence-corrected chi connectivity index (χ0v) is 11.9. The molecule has 3 rings (SSSR count). The van der Waals surface area contributed by atoms with Crippen LogP contribution in [0.25, 0.3) is 5.69 Å². The van der Waals surface area contributed by atoms with Crippen LogP contribution in [0.1, 0.15) is 15.9 Å². The van der Waals surface area contributed by atoms with E-state index in [2.05, 4.69) is 15.5 Å². The molecular weight excluding hydrogens is 325 g/mol. The summed E-state index contributed by atoms with van der Waals surface area (Å²) in [7, 11) is 0. The Morgan fingerprint density at radius 2 is 1.83 bits per heavy atom. The Morgan fingerprint density at radius 3 is 2.46 bits per heavy atom. The topological polar surface area (TPSA) is 69.9 Å². The predicted molar refractivity (Wildman–Crippen MR) is 75.6 cm³/mol. The van der Waals surface area contributed by atoms with Crippen molar-refractivity contribution in [3.05, 3.63) is 66.0 Å². The van der Waals surface area contributed by atoms with Crippen LogP contribution in [0.15, 0.2) is 54.9 Å². The monoisotopic (exact) mass is 334 g/mol. The first kappa shape index (κ1) is 15.7. The quantitative estimate of drug-likeness (QED) is 0.544. The molecule has 0 saturated carbocycles. The minimum absolute atomic E-state index is 0.0100. The van der Waals surface area contributed by atoms with Crippen molar-refractivity contribution in [2.45, 2.75) is 6.18 Å². The van der Waals surface area contributed by atoms with Crippen LogP contribution in [0.4, 0.5) is 13.2 Å². The lowest BCUT2D eigenvalue weighted by Crippen LogP contribution is -2.10. The van der Waals surface area contributed by atoms with Gasteiger partial charge in [0.2, 0.25) is 0 Å². The summed E-state index contributed by atoms with van der Waals surface area (Å²) in [5, 5.41) is 10.7. The van der Waals surface area contributed by atoms with Gasteiger partial charge < -0.3 is 4.74 Å². The van der Waals surface area contributed by atoms with Crippen LogP contribution in [0, 0.1) is 0 Å². The van der Waals surface area contributed by atoms with E-state index in [1.807, 2.05) is 0 Å². The molecule has 122 valence electrons. The van der Waals surface area contributed by atoms with E-state index >= 15 is 0 Å². The van der Waals surface area contributed by atoms with Crippen LogP contribution in [0.2, 0.25) is 0 Å². The van der Waals surface area contributed by atoms with Gasteiger partial charge in [0.25, 0.3) is 0 Å². The number of ether oxygens (including phenoxy) is 1. The van der Waals surface area contributed by atoms with Gasteiger partial charge in [-0.3, -0.25) is 0 Å². The largest absolute Gasteiger partial charge is 0.423 e. The molecule has 24 heavy (non-hydrogen) atoms. The van der Waals surface area contributed by atoms with Gasteiger partial charge in [0.15, 0.2) is 0 Å². The fourth-order valence-corrected chi connectivity index (χ4v) is 1.93. The van der Waals surface area contributed by atoms with Crippen molar-refractivity contribution < 1.29 is 22.7 Å². The Bertz CT molecular complexity index is 846. The average Bonchev–Trinajstić information content (AvgIpc) is 3.09. The van der Waals surface area contributed by atoms with E-state index in [9.17, 15) is 18.0 Å². The van der Waals surface area contributed by atoms with Gasteiger partial charge in [0, 0.05) is 6.07 Å². The molecule has 0 aliphatic rings. The van der Waals surface area contributed by atoms with Crippen molar-refractivity contribution in [1.82, 2.24) is 20.2 Å². The molecule has 1 heterocycles. The van der Waals surface area contributed by atoms with E-state index in [0.717, 1.165) is 24.3 Å². The third kappa shape index (κ3) is 3.40. The van der Waals surface area contributed by atoms with Gasteiger partial charge in [-0.25, -0.2) is 9.48 Å². The molecule has 1 aromatic heterocycles. The minimum atomic E-state index is -4.46. The van der Waals surface area contributed by atoms with E-state index in [1.165, 1.54) is 23.1 Å². The summed E-state index contributed by atoms with van der Waals surface area (Å²) >= 11 is 0. The number of nitrogens with zero attached hydrogens (tertiary/aromatic N) is 4. The van der Waals surface area contributed by atoms with Crippen LogP contribution < -0.4 is 4.74 Å². The Balaban J connectivity index is 1.76. The van der Waals surface area contributed by atoms with Crippen molar-refractivity contribution in [3.63, 3.8) is 0 Å². The number of benzene rings is 2. The Kier molecular flexibility index (Phi) is 3.98. The number of carbonyl (C=O) groups excluding carboxylic acids is 1. The smallest absolute Gasteiger partial charge is 0.416 e. The summed E-state index contributed by atoms with van der Waals surface area (Å²) in [5.74, 6) is -0.550. The molecule has 0 aliphatic carbocycles. The summed E-state index contributed by atoms with van der Waals surface area (Å²) < 4.78 is 44.1. The van der Waals surface area contributed by atoms with Crippen molar-refractivity contribution >= 4 is 5.97 Å². The Hall–Kier alpha value is -3.23. The van der Waals surface area contributed by atoms with Crippen LogP contribution in [0.3, 0.4) is 0 Å². The van der Waals surface area contributed by atoms with Gasteiger partial charge in [-0.15, -0.1) is 5.10 Å². The van der Waals surface area contributed by atoms with Gasteiger partial charge >= 0.3 is 12.1 Å². The van der Waals surface area contributed by atoms with E-state index in [4.69, 9.17) is 4.74 Å². The molecule has 0 saturated heterocycles. The van der Waals surface area contributed by atoms with Crippen LogP contribution >= 0.6 is 0 Å². The first-order valence-corrected chi connectivity index (χ1v) is 6.66. The molecule has 0 unspecified atom stereocenters. The lowest BCUT2D eigenvalue weighted by atomic mass is 10.1. The first-order valence-electron chi connectivity index (χ1n) is 6.66. The molecule has 0 atom stereocenters. The molecule has 6 nitrogen and oxygen atoms in total. The molecule has 3 aromatic rings. The molecule has 0 aliphatic heterocycles. The minimum Gasteiger partial charge on any atom is -0.423 e. The van der Waals surface area contributed by atoms with Crippen molar-refractivity contribution in [2.75, 3.05) is 0 Å². The van der Waals surface area contributed by atoms with Gasteiger partial charge in [0.1, 0.15) is 12.1 Å². The summed E-state index contributed by atoms with van der Waals surface area (Å²) in [4.78, 5) is 12.0. The van der Waals surface area contributed by atoms with Crippen LogP contribution in [-0.2, 0) is 6.18 Å². The normalized spacial score (nSPS) is 11.3. The standard InChI is InChI=1S/C15H9F3N4O2/c16-15(17,18)11-6-4-10(5-7-11)14(23)24-13-3-1-2-12(8-13)22-9-19-20-21-22/h1-9H.